The zero-order valence-corrected chi connectivity index (χ0v) is 15.8. The van der Waals surface area contributed by atoms with Gasteiger partial charge < -0.3 is 15.1 Å². The third-order valence-corrected chi connectivity index (χ3v) is 5.03. The Kier molecular flexibility index (Phi) is 5.71. The lowest BCUT2D eigenvalue weighted by Crippen LogP contribution is -3.15. The van der Waals surface area contributed by atoms with Gasteiger partial charge in [0.05, 0.1) is 26.2 Å². The first-order chi connectivity index (χ1) is 12.0. The van der Waals surface area contributed by atoms with E-state index in [0.717, 1.165) is 47.6 Å². The van der Waals surface area contributed by atoms with Gasteiger partial charge in [-0.1, -0.05) is 15.9 Å². The summed E-state index contributed by atoms with van der Waals surface area (Å²) in [5.74, 6) is -0.177. The number of piperazine rings is 1. The summed E-state index contributed by atoms with van der Waals surface area (Å²) in [5.41, 5.74) is 2.94. The summed E-state index contributed by atoms with van der Waals surface area (Å²) < 4.78 is 14.0. The Bertz CT molecular complexity index is 743. The molecule has 0 aromatic heterocycles. The van der Waals surface area contributed by atoms with Gasteiger partial charge in [0, 0.05) is 15.8 Å². The number of nitrogens with zero attached hydrogens (tertiary/aromatic N) is 1. The molecule has 1 heterocycles. The fourth-order valence-electron chi connectivity index (χ4n) is 3.10. The van der Waals surface area contributed by atoms with Crippen LogP contribution in [0.15, 0.2) is 46.9 Å². The van der Waals surface area contributed by atoms with Crippen molar-refractivity contribution in [3.63, 3.8) is 0 Å². The predicted molar refractivity (Wildman–Crippen MR) is 102 cm³/mol. The van der Waals surface area contributed by atoms with Crippen molar-refractivity contribution in [2.75, 3.05) is 42.9 Å². The van der Waals surface area contributed by atoms with Crippen LogP contribution in [-0.2, 0) is 4.79 Å². The van der Waals surface area contributed by atoms with E-state index in [2.05, 4.69) is 26.1 Å². The first-order valence-electron chi connectivity index (χ1n) is 8.41. The van der Waals surface area contributed by atoms with E-state index in [1.807, 2.05) is 37.3 Å². The van der Waals surface area contributed by atoms with Gasteiger partial charge in [0.15, 0.2) is 6.54 Å². The number of carbonyl (C=O) groups is 1. The average molecular weight is 407 g/mol. The summed E-state index contributed by atoms with van der Waals surface area (Å²) >= 11 is 3.43. The Morgan fingerprint density at radius 1 is 1.20 bits per heavy atom. The normalized spacial score (nSPS) is 15.2. The molecule has 132 valence electrons. The quantitative estimate of drug-likeness (QED) is 0.816. The Balaban J connectivity index is 1.50. The van der Waals surface area contributed by atoms with Crippen LogP contribution in [0, 0.1) is 12.7 Å². The molecular formula is C19H22BrFN3O+. The highest BCUT2D eigenvalue weighted by Gasteiger charge is 2.22. The number of quaternary nitrogens is 1. The molecule has 2 aromatic carbocycles. The van der Waals surface area contributed by atoms with Crippen molar-refractivity contribution in [2.24, 2.45) is 0 Å². The predicted octanol–water partition coefficient (Wildman–Crippen LogP) is 2.24. The summed E-state index contributed by atoms with van der Waals surface area (Å²) in [6, 6.07) is 12.4. The van der Waals surface area contributed by atoms with Crippen molar-refractivity contribution in [3.8, 4) is 0 Å². The smallest absolute Gasteiger partial charge is 0.279 e. The van der Waals surface area contributed by atoms with Crippen LogP contribution in [0.1, 0.15) is 5.56 Å². The number of hydrogen-bond acceptors (Lipinski definition) is 2. The highest BCUT2D eigenvalue weighted by molar-refractivity contribution is 9.10. The third-order valence-electron chi connectivity index (χ3n) is 4.54. The lowest BCUT2D eigenvalue weighted by atomic mass is 10.2. The molecule has 0 unspecified atom stereocenters. The maximum atomic E-state index is 13.0. The molecule has 4 nitrogen and oxygen atoms in total. The molecule has 2 N–H and O–H groups in total. The molecule has 2 aromatic rings. The van der Waals surface area contributed by atoms with E-state index in [4.69, 9.17) is 0 Å². The molecule has 0 aliphatic carbocycles. The second kappa shape index (κ2) is 7.97. The number of rotatable bonds is 4. The van der Waals surface area contributed by atoms with Crippen molar-refractivity contribution >= 4 is 33.2 Å². The van der Waals surface area contributed by atoms with Crippen molar-refractivity contribution in [2.45, 2.75) is 6.92 Å². The van der Waals surface area contributed by atoms with Gasteiger partial charge in [-0.25, -0.2) is 4.39 Å². The van der Waals surface area contributed by atoms with Crippen LogP contribution in [-0.4, -0.2) is 38.6 Å². The minimum absolute atomic E-state index is 0.0376. The van der Waals surface area contributed by atoms with Gasteiger partial charge in [-0.3, -0.25) is 4.79 Å². The molecule has 0 atom stereocenters. The molecule has 6 heteroatoms. The van der Waals surface area contributed by atoms with Crippen LogP contribution in [0.3, 0.4) is 0 Å². The third kappa shape index (κ3) is 4.80. The minimum atomic E-state index is -0.215. The molecule has 1 fully saturated rings. The first kappa shape index (κ1) is 17.9. The molecule has 3 rings (SSSR count). The fourth-order valence-corrected chi connectivity index (χ4v) is 3.57. The van der Waals surface area contributed by atoms with E-state index < -0.39 is 0 Å². The Morgan fingerprint density at radius 3 is 2.52 bits per heavy atom. The van der Waals surface area contributed by atoms with Gasteiger partial charge in [0.1, 0.15) is 5.82 Å². The van der Waals surface area contributed by atoms with Crippen LogP contribution in [0.4, 0.5) is 15.8 Å². The summed E-state index contributed by atoms with van der Waals surface area (Å²) in [5, 5.41) is 3.00. The number of anilines is 2. The average Bonchev–Trinajstić information content (AvgIpc) is 2.59. The van der Waals surface area contributed by atoms with Crippen molar-refractivity contribution in [1.82, 2.24) is 0 Å². The number of benzene rings is 2. The lowest BCUT2D eigenvalue weighted by Gasteiger charge is -2.33. The van der Waals surface area contributed by atoms with E-state index >= 15 is 0 Å². The summed E-state index contributed by atoms with van der Waals surface area (Å²) in [6.45, 7) is 5.97. The van der Waals surface area contributed by atoms with Crippen LogP contribution in [0.2, 0.25) is 0 Å². The molecule has 0 saturated carbocycles. The van der Waals surface area contributed by atoms with Crippen LogP contribution >= 0.6 is 15.9 Å². The SMILES string of the molecule is Cc1cc(Br)ccc1NC(=O)C[NH+]1CCN(c2ccc(F)cc2)CC1. The molecule has 1 amide bonds. The van der Waals surface area contributed by atoms with Crippen molar-refractivity contribution < 1.29 is 14.1 Å². The van der Waals surface area contributed by atoms with E-state index in [-0.39, 0.29) is 11.7 Å². The maximum Gasteiger partial charge on any atom is 0.279 e. The molecule has 0 bridgehead atoms. The van der Waals surface area contributed by atoms with Crippen LogP contribution in [0.5, 0.6) is 0 Å². The number of carbonyl (C=O) groups excluding carboxylic acids is 1. The van der Waals surface area contributed by atoms with Gasteiger partial charge in [-0.15, -0.1) is 0 Å². The van der Waals surface area contributed by atoms with Gasteiger partial charge in [0.25, 0.3) is 5.91 Å². The van der Waals surface area contributed by atoms with Gasteiger partial charge in [-0.2, -0.15) is 0 Å². The van der Waals surface area contributed by atoms with Gasteiger partial charge >= 0.3 is 0 Å². The van der Waals surface area contributed by atoms with E-state index in [9.17, 15) is 9.18 Å². The number of halogens is 2. The lowest BCUT2D eigenvalue weighted by molar-refractivity contribution is -0.892. The highest BCUT2D eigenvalue weighted by atomic mass is 79.9. The molecule has 0 spiro atoms. The van der Waals surface area contributed by atoms with Gasteiger partial charge in [-0.05, 0) is 55.0 Å². The molecule has 1 aliphatic heterocycles. The summed E-state index contributed by atoms with van der Waals surface area (Å²) in [4.78, 5) is 15.8. The van der Waals surface area contributed by atoms with Crippen molar-refractivity contribution in [1.29, 1.82) is 0 Å². The van der Waals surface area contributed by atoms with Crippen LogP contribution < -0.4 is 15.1 Å². The highest BCUT2D eigenvalue weighted by Crippen LogP contribution is 2.19. The minimum Gasteiger partial charge on any atom is -0.360 e. The van der Waals surface area contributed by atoms with E-state index in [0.29, 0.717) is 6.54 Å². The second-order valence-corrected chi connectivity index (χ2v) is 7.31. The number of hydrogen-bond donors (Lipinski definition) is 2. The zero-order chi connectivity index (χ0) is 17.8. The molecule has 1 aliphatic rings. The number of nitrogens with one attached hydrogen (secondary N) is 2. The largest absolute Gasteiger partial charge is 0.360 e. The second-order valence-electron chi connectivity index (χ2n) is 6.40. The van der Waals surface area contributed by atoms with E-state index in [1.54, 1.807) is 0 Å². The van der Waals surface area contributed by atoms with Gasteiger partial charge in [0.2, 0.25) is 0 Å². The molecular weight excluding hydrogens is 385 g/mol. The molecule has 25 heavy (non-hydrogen) atoms. The molecule has 1 saturated heterocycles. The standard InChI is InChI=1S/C19H21BrFN3O/c1-14-12-15(20)2-7-18(14)22-19(25)13-23-8-10-24(11-9-23)17-5-3-16(21)4-6-17/h2-7,12H,8-11,13H2,1H3,(H,22,25)/p+1. The monoisotopic (exact) mass is 406 g/mol. The van der Waals surface area contributed by atoms with Crippen LogP contribution in [0.25, 0.3) is 0 Å². The number of aryl methyl sites for hydroxylation is 1. The number of amides is 1. The van der Waals surface area contributed by atoms with E-state index in [1.165, 1.54) is 17.0 Å². The summed E-state index contributed by atoms with van der Waals surface area (Å²) in [7, 11) is 0. The van der Waals surface area contributed by atoms with Crippen molar-refractivity contribution in [3.05, 3.63) is 58.3 Å². The molecule has 0 radical (unpaired) electrons. The fraction of sp³-hybridized carbons (Fsp3) is 0.316. The topological polar surface area (TPSA) is 36.8 Å². The summed E-state index contributed by atoms with van der Waals surface area (Å²) in [6.07, 6.45) is 0. The maximum absolute atomic E-state index is 13.0. The Hall–Kier alpha value is -1.92. The Morgan fingerprint density at radius 2 is 1.88 bits per heavy atom. The Labute approximate surface area is 155 Å². The first-order valence-corrected chi connectivity index (χ1v) is 9.20. The zero-order valence-electron chi connectivity index (χ0n) is 14.2.